The maximum atomic E-state index is 13.9. The van der Waals surface area contributed by atoms with E-state index in [0.29, 0.717) is 17.5 Å². The minimum atomic E-state index is -0.420. The molecule has 2 aromatic rings. The average molecular weight is 300 g/mol. The Morgan fingerprint density at radius 2 is 2.18 bits per heavy atom. The second-order valence-corrected chi connectivity index (χ2v) is 6.01. The molecule has 4 rings (SSSR count). The van der Waals surface area contributed by atoms with Crippen LogP contribution in [0.1, 0.15) is 29.6 Å². The minimum Gasteiger partial charge on any atom is -0.383 e. The fourth-order valence-corrected chi connectivity index (χ4v) is 3.36. The molecule has 1 aromatic heterocycles. The molecule has 1 aromatic carbocycles. The van der Waals surface area contributed by atoms with E-state index in [1.165, 1.54) is 23.4 Å². The van der Waals surface area contributed by atoms with Gasteiger partial charge in [-0.05, 0) is 37.3 Å². The molecule has 1 saturated carbocycles. The number of nitrogen functional groups attached to an aromatic ring is 1. The Bertz CT molecular complexity index is 741. The van der Waals surface area contributed by atoms with Crippen LogP contribution in [0, 0.1) is 11.7 Å². The second-order valence-electron chi connectivity index (χ2n) is 6.01. The van der Waals surface area contributed by atoms with Gasteiger partial charge >= 0.3 is 0 Å². The number of anilines is 1. The molecule has 2 N–H and O–H groups in total. The maximum absolute atomic E-state index is 13.9. The standard InChI is InChI=1S/C16H17FN4O/c17-12-5-1-2-6-13(12)21-15(18)11(9-19-21)16(22)20-7-3-4-10-8-14(10)20/h1-2,5-6,9-10,14H,3-4,7-8,18H2. The molecule has 1 aliphatic carbocycles. The SMILES string of the molecule is Nc1c(C(=O)N2CCCC3CC32)cnn1-c1ccccc1F. The van der Waals surface area contributed by atoms with Crippen LogP contribution in [0.2, 0.25) is 0 Å². The summed E-state index contributed by atoms with van der Waals surface area (Å²) in [6.07, 6.45) is 4.77. The van der Waals surface area contributed by atoms with Crippen LogP contribution < -0.4 is 5.73 Å². The summed E-state index contributed by atoms with van der Waals surface area (Å²) in [6, 6.07) is 6.60. The van der Waals surface area contributed by atoms with E-state index < -0.39 is 5.82 Å². The Labute approximate surface area is 127 Å². The number of amides is 1. The molecule has 0 radical (unpaired) electrons. The molecule has 1 saturated heterocycles. The van der Waals surface area contributed by atoms with Gasteiger partial charge in [0.1, 0.15) is 22.9 Å². The van der Waals surface area contributed by atoms with Crippen molar-refractivity contribution in [1.82, 2.24) is 14.7 Å². The number of hydrogen-bond acceptors (Lipinski definition) is 3. The quantitative estimate of drug-likeness (QED) is 0.925. The monoisotopic (exact) mass is 300 g/mol. The van der Waals surface area contributed by atoms with E-state index in [4.69, 9.17) is 5.73 Å². The largest absolute Gasteiger partial charge is 0.383 e. The molecule has 114 valence electrons. The maximum Gasteiger partial charge on any atom is 0.259 e. The number of carbonyl (C=O) groups excluding carboxylic acids is 1. The van der Waals surface area contributed by atoms with Crippen LogP contribution in [-0.4, -0.2) is 33.2 Å². The number of halogens is 1. The second kappa shape index (κ2) is 4.83. The number of rotatable bonds is 2. The number of nitrogens with zero attached hydrogens (tertiary/aromatic N) is 3. The molecule has 2 unspecified atom stereocenters. The summed E-state index contributed by atoms with van der Waals surface area (Å²) in [7, 11) is 0. The highest BCUT2D eigenvalue weighted by atomic mass is 19.1. The number of likely N-dealkylation sites (tertiary alicyclic amines) is 1. The Hall–Kier alpha value is -2.37. The van der Waals surface area contributed by atoms with Gasteiger partial charge in [-0.15, -0.1) is 0 Å². The molecule has 5 nitrogen and oxygen atoms in total. The highest BCUT2D eigenvalue weighted by Gasteiger charge is 2.46. The number of carbonyl (C=O) groups is 1. The van der Waals surface area contributed by atoms with Gasteiger partial charge in [-0.1, -0.05) is 12.1 Å². The van der Waals surface area contributed by atoms with E-state index in [9.17, 15) is 9.18 Å². The van der Waals surface area contributed by atoms with Crippen LogP contribution in [-0.2, 0) is 0 Å². The van der Waals surface area contributed by atoms with Gasteiger partial charge in [0, 0.05) is 12.6 Å². The average Bonchev–Trinajstić information content (AvgIpc) is 3.23. The first-order chi connectivity index (χ1) is 10.7. The van der Waals surface area contributed by atoms with Crippen molar-refractivity contribution in [3.8, 4) is 5.69 Å². The topological polar surface area (TPSA) is 64.2 Å². The van der Waals surface area contributed by atoms with Crippen LogP contribution in [0.25, 0.3) is 5.69 Å². The van der Waals surface area contributed by atoms with Crippen molar-refractivity contribution in [1.29, 1.82) is 0 Å². The molecule has 6 heteroatoms. The Morgan fingerprint density at radius 3 is 3.00 bits per heavy atom. The normalized spacial score (nSPS) is 23.2. The molecule has 1 amide bonds. The first kappa shape index (κ1) is 13.3. The third kappa shape index (κ3) is 1.98. The smallest absolute Gasteiger partial charge is 0.259 e. The number of nitrogens with two attached hydrogens (primary N) is 1. The van der Waals surface area contributed by atoms with E-state index in [0.717, 1.165) is 19.4 Å². The van der Waals surface area contributed by atoms with E-state index in [2.05, 4.69) is 5.10 Å². The molecular formula is C16H17FN4O. The van der Waals surface area contributed by atoms with Gasteiger partial charge in [-0.3, -0.25) is 4.79 Å². The van der Waals surface area contributed by atoms with Gasteiger partial charge in [0.2, 0.25) is 0 Å². The number of hydrogen-bond donors (Lipinski definition) is 1. The highest BCUT2D eigenvalue weighted by Crippen LogP contribution is 2.43. The van der Waals surface area contributed by atoms with E-state index in [1.54, 1.807) is 18.2 Å². The fraction of sp³-hybridized carbons (Fsp3) is 0.375. The first-order valence-corrected chi connectivity index (χ1v) is 7.56. The first-order valence-electron chi connectivity index (χ1n) is 7.56. The summed E-state index contributed by atoms with van der Waals surface area (Å²) in [5.41, 5.74) is 6.67. The van der Waals surface area contributed by atoms with E-state index >= 15 is 0 Å². The van der Waals surface area contributed by atoms with Crippen LogP contribution in [0.15, 0.2) is 30.5 Å². The molecule has 1 aliphatic heterocycles. The fourth-order valence-electron chi connectivity index (χ4n) is 3.36. The summed E-state index contributed by atoms with van der Waals surface area (Å²) < 4.78 is 15.2. The van der Waals surface area contributed by atoms with Gasteiger partial charge < -0.3 is 10.6 Å². The lowest BCUT2D eigenvalue weighted by Crippen LogP contribution is -2.37. The minimum absolute atomic E-state index is 0.0905. The number of piperidine rings is 1. The van der Waals surface area contributed by atoms with Crippen LogP contribution >= 0.6 is 0 Å². The van der Waals surface area contributed by atoms with Crippen molar-refractivity contribution in [3.05, 3.63) is 41.8 Å². The summed E-state index contributed by atoms with van der Waals surface area (Å²) in [5.74, 6) is 0.335. The third-order valence-corrected chi connectivity index (χ3v) is 4.64. The van der Waals surface area contributed by atoms with Crippen LogP contribution in [0.5, 0.6) is 0 Å². The van der Waals surface area contributed by atoms with Gasteiger partial charge in [0.05, 0.1) is 6.20 Å². The molecule has 2 heterocycles. The van der Waals surface area contributed by atoms with E-state index in [-0.39, 0.29) is 17.4 Å². The lowest BCUT2D eigenvalue weighted by molar-refractivity contribution is 0.0707. The highest BCUT2D eigenvalue weighted by molar-refractivity contribution is 5.99. The van der Waals surface area contributed by atoms with Gasteiger partial charge in [0.15, 0.2) is 0 Å². The molecule has 2 aliphatic rings. The molecule has 22 heavy (non-hydrogen) atoms. The lowest BCUT2D eigenvalue weighted by Gasteiger charge is -2.26. The number of aromatic nitrogens is 2. The Balaban J connectivity index is 1.67. The van der Waals surface area contributed by atoms with Crippen molar-refractivity contribution in [2.75, 3.05) is 12.3 Å². The Morgan fingerprint density at radius 1 is 1.36 bits per heavy atom. The van der Waals surface area contributed by atoms with Crippen molar-refractivity contribution < 1.29 is 9.18 Å². The van der Waals surface area contributed by atoms with Crippen molar-refractivity contribution in [3.63, 3.8) is 0 Å². The predicted molar refractivity (Wildman–Crippen MR) is 80.1 cm³/mol. The number of benzene rings is 1. The zero-order valence-corrected chi connectivity index (χ0v) is 12.1. The van der Waals surface area contributed by atoms with Crippen LogP contribution in [0.3, 0.4) is 0 Å². The zero-order chi connectivity index (χ0) is 15.3. The molecule has 2 fully saturated rings. The van der Waals surface area contributed by atoms with Gasteiger partial charge in [-0.2, -0.15) is 5.10 Å². The molecule has 0 spiro atoms. The summed E-state index contributed by atoms with van der Waals surface area (Å²) in [5, 5.41) is 4.11. The molecule has 2 atom stereocenters. The summed E-state index contributed by atoms with van der Waals surface area (Å²) in [6.45, 7) is 0.768. The zero-order valence-electron chi connectivity index (χ0n) is 12.1. The van der Waals surface area contributed by atoms with Gasteiger partial charge in [0.25, 0.3) is 5.91 Å². The van der Waals surface area contributed by atoms with Gasteiger partial charge in [-0.25, -0.2) is 9.07 Å². The lowest BCUT2D eigenvalue weighted by atomic mass is 10.1. The summed E-state index contributed by atoms with van der Waals surface area (Å²) >= 11 is 0. The third-order valence-electron chi connectivity index (χ3n) is 4.64. The van der Waals surface area contributed by atoms with Crippen molar-refractivity contribution in [2.24, 2.45) is 5.92 Å². The molecule has 0 bridgehead atoms. The number of para-hydroxylation sites is 1. The predicted octanol–water partition coefficient (Wildman–Crippen LogP) is 2.22. The van der Waals surface area contributed by atoms with E-state index in [1.807, 2.05) is 4.90 Å². The number of fused-ring (bicyclic) bond motifs is 1. The van der Waals surface area contributed by atoms with Crippen LogP contribution in [0.4, 0.5) is 10.2 Å². The summed E-state index contributed by atoms with van der Waals surface area (Å²) in [4.78, 5) is 14.6. The molecular weight excluding hydrogens is 283 g/mol. The van der Waals surface area contributed by atoms with Crippen molar-refractivity contribution >= 4 is 11.7 Å². The van der Waals surface area contributed by atoms with Crippen molar-refractivity contribution in [2.45, 2.75) is 25.3 Å². The Kier molecular flexibility index (Phi) is 2.92.